The van der Waals surface area contributed by atoms with Crippen molar-refractivity contribution in [3.8, 4) is 0 Å². The molecule has 0 bridgehead atoms. The maximum Gasteiger partial charge on any atom is 0.159 e. The second kappa shape index (κ2) is 2.39. The van der Waals surface area contributed by atoms with Gasteiger partial charge in [0.25, 0.3) is 0 Å². The number of aromatic nitrogens is 2. The highest BCUT2D eigenvalue weighted by atomic mass is 19.1. The number of hydrogen-bond donors (Lipinski definition) is 1. The Balaban J connectivity index is 2.88. The smallest absolute Gasteiger partial charge is 0.159 e. The lowest BCUT2D eigenvalue weighted by atomic mass is 10.5. The molecule has 0 radical (unpaired) electrons. The Kier molecular flexibility index (Phi) is 1.58. The van der Waals surface area contributed by atoms with Crippen LogP contribution in [0.2, 0.25) is 0 Å². The van der Waals surface area contributed by atoms with Crippen molar-refractivity contribution >= 4 is 5.69 Å². The lowest BCUT2D eigenvalue weighted by Crippen LogP contribution is -1.93. The first kappa shape index (κ1) is 5.94. The molecule has 48 valence electrons. The predicted octanol–water partition coefficient (Wildman–Crippen LogP) is 0.528. The van der Waals surface area contributed by atoms with Crippen molar-refractivity contribution < 1.29 is 4.39 Å². The van der Waals surface area contributed by atoms with E-state index < -0.39 is 6.67 Å². The van der Waals surface area contributed by atoms with Gasteiger partial charge in [0.15, 0.2) is 5.82 Å². The maximum absolute atomic E-state index is 11.7. The lowest BCUT2D eigenvalue weighted by Gasteiger charge is -1.91. The fourth-order valence-electron chi connectivity index (χ4n) is 0.434. The summed E-state index contributed by atoms with van der Waals surface area (Å²) in [7, 11) is 0. The highest BCUT2D eigenvalue weighted by molar-refractivity contribution is 5.29. The molecule has 0 unspecified atom stereocenters. The molecule has 9 heavy (non-hydrogen) atoms. The topological polar surface area (TPSA) is 51.8 Å². The van der Waals surface area contributed by atoms with E-state index in [4.69, 9.17) is 5.73 Å². The average Bonchev–Trinajstić information content (AvgIpc) is 1.90. The van der Waals surface area contributed by atoms with Crippen LogP contribution in [0.15, 0.2) is 12.4 Å². The quantitative estimate of drug-likeness (QED) is 0.598. The molecule has 0 saturated heterocycles. The molecule has 0 fully saturated rings. The van der Waals surface area contributed by atoms with Crippen LogP contribution < -0.4 is 5.73 Å². The largest absolute Gasteiger partial charge is 0.396 e. The van der Waals surface area contributed by atoms with Gasteiger partial charge in [-0.25, -0.2) is 14.4 Å². The van der Waals surface area contributed by atoms with Crippen LogP contribution in [0.25, 0.3) is 0 Å². The van der Waals surface area contributed by atoms with E-state index in [0.717, 1.165) is 0 Å². The molecule has 0 spiro atoms. The van der Waals surface area contributed by atoms with E-state index in [0.29, 0.717) is 5.69 Å². The molecule has 0 atom stereocenters. The highest BCUT2D eigenvalue weighted by Crippen LogP contribution is 1.96. The molecule has 4 heteroatoms. The zero-order chi connectivity index (χ0) is 6.69. The van der Waals surface area contributed by atoms with Gasteiger partial charge < -0.3 is 5.73 Å². The Morgan fingerprint density at radius 2 is 2.00 bits per heavy atom. The van der Waals surface area contributed by atoms with Crippen molar-refractivity contribution in [3.63, 3.8) is 0 Å². The molecular formula is C5H6FN3. The van der Waals surface area contributed by atoms with E-state index in [-0.39, 0.29) is 5.82 Å². The van der Waals surface area contributed by atoms with Crippen LogP contribution >= 0.6 is 0 Å². The van der Waals surface area contributed by atoms with E-state index in [1.54, 1.807) is 0 Å². The van der Waals surface area contributed by atoms with Gasteiger partial charge in [-0.2, -0.15) is 0 Å². The third-order valence-electron chi connectivity index (χ3n) is 0.845. The summed E-state index contributed by atoms with van der Waals surface area (Å²) < 4.78 is 11.7. The van der Waals surface area contributed by atoms with Crippen molar-refractivity contribution in [1.82, 2.24) is 9.97 Å². The van der Waals surface area contributed by atoms with E-state index in [9.17, 15) is 4.39 Å². The molecule has 3 nitrogen and oxygen atoms in total. The van der Waals surface area contributed by atoms with Gasteiger partial charge in [-0.15, -0.1) is 0 Å². The first-order valence-corrected chi connectivity index (χ1v) is 2.45. The number of halogens is 1. The molecular weight excluding hydrogens is 121 g/mol. The minimum Gasteiger partial charge on any atom is -0.396 e. The van der Waals surface area contributed by atoms with Gasteiger partial charge in [-0.05, 0) is 0 Å². The summed E-state index contributed by atoms with van der Waals surface area (Å²) in [6.45, 7) is -0.639. The fourth-order valence-corrected chi connectivity index (χ4v) is 0.434. The van der Waals surface area contributed by atoms with Crippen LogP contribution in [0.5, 0.6) is 0 Å². The minimum absolute atomic E-state index is 0.171. The number of hydrogen-bond acceptors (Lipinski definition) is 3. The normalized spacial score (nSPS) is 9.44. The second-order valence-electron chi connectivity index (χ2n) is 1.57. The van der Waals surface area contributed by atoms with Crippen LogP contribution in [0.3, 0.4) is 0 Å². The molecule has 1 aromatic rings. The monoisotopic (exact) mass is 127 g/mol. The first-order chi connectivity index (χ1) is 4.33. The van der Waals surface area contributed by atoms with Crippen molar-refractivity contribution in [2.24, 2.45) is 0 Å². The van der Waals surface area contributed by atoms with Crippen molar-refractivity contribution in [2.75, 3.05) is 5.73 Å². The summed E-state index contributed by atoms with van der Waals surface area (Å²) in [5.41, 5.74) is 5.69. The van der Waals surface area contributed by atoms with Gasteiger partial charge in [-0.3, -0.25) is 0 Å². The molecule has 0 saturated carbocycles. The summed E-state index contributed by atoms with van der Waals surface area (Å²) in [5, 5.41) is 0. The summed E-state index contributed by atoms with van der Waals surface area (Å²) in [4.78, 5) is 7.17. The number of alkyl halides is 1. The van der Waals surface area contributed by atoms with Crippen LogP contribution in [0, 0.1) is 0 Å². The first-order valence-electron chi connectivity index (χ1n) is 2.45. The van der Waals surface area contributed by atoms with E-state index in [2.05, 4.69) is 9.97 Å². The predicted molar refractivity (Wildman–Crippen MR) is 31.3 cm³/mol. The van der Waals surface area contributed by atoms with Crippen molar-refractivity contribution in [1.29, 1.82) is 0 Å². The van der Waals surface area contributed by atoms with Gasteiger partial charge >= 0.3 is 0 Å². The molecule has 0 aromatic carbocycles. The van der Waals surface area contributed by atoms with Crippen LogP contribution in [-0.2, 0) is 6.67 Å². The van der Waals surface area contributed by atoms with Gasteiger partial charge in [0.2, 0.25) is 0 Å². The molecule has 1 aromatic heterocycles. The molecule has 0 aliphatic rings. The fraction of sp³-hybridized carbons (Fsp3) is 0.200. The minimum atomic E-state index is -0.639. The molecule has 0 aliphatic heterocycles. The molecule has 0 amide bonds. The van der Waals surface area contributed by atoms with Gasteiger partial charge in [0.1, 0.15) is 6.67 Å². The van der Waals surface area contributed by atoms with Crippen LogP contribution in [0.1, 0.15) is 5.82 Å². The Bertz CT molecular complexity index is 184. The standard InChI is InChI=1S/C5H6FN3/c6-1-5-8-2-4(7)3-9-5/h2-3H,1,7H2. The lowest BCUT2D eigenvalue weighted by molar-refractivity contribution is 0.465. The summed E-state index contributed by atoms with van der Waals surface area (Å²) in [6, 6.07) is 0. The highest BCUT2D eigenvalue weighted by Gasteiger charge is 1.90. The van der Waals surface area contributed by atoms with Crippen LogP contribution in [-0.4, -0.2) is 9.97 Å². The van der Waals surface area contributed by atoms with E-state index in [1.165, 1.54) is 12.4 Å². The third kappa shape index (κ3) is 1.35. The zero-order valence-electron chi connectivity index (χ0n) is 4.71. The van der Waals surface area contributed by atoms with E-state index in [1.807, 2.05) is 0 Å². The zero-order valence-corrected chi connectivity index (χ0v) is 4.71. The van der Waals surface area contributed by atoms with Gasteiger partial charge in [0, 0.05) is 0 Å². The number of nitrogens with zero attached hydrogens (tertiary/aromatic N) is 2. The maximum atomic E-state index is 11.7. The van der Waals surface area contributed by atoms with Crippen LogP contribution in [0.4, 0.5) is 10.1 Å². The molecule has 2 N–H and O–H groups in total. The van der Waals surface area contributed by atoms with Gasteiger partial charge in [0.05, 0.1) is 18.1 Å². The van der Waals surface area contributed by atoms with Gasteiger partial charge in [-0.1, -0.05) is 0 Å². The summed E-state index contributed by atoms with van der Waals surface area (Å²) in [5.74, 6) is 0.171. The Labute approximate surface area is 51.7 Å². The molecule has 1 heterocycles. The molecule has 1 rings (SSSR count). The average molecular weight is 127 g/mol. The number of rotatable bonds is 1. The van der Waals surface area contributed by atoms with E-state index >= 15 is 0 Å². The number of nitrogen functional groups attached to an aromatic ring is 1. The summed E-state index contributed by atoms with van der Waals surface area (Å²) >= 11 is 0. The SMILES string of the molecule is Nc1cnc(CF)nc1. The second-order valence-corrected chi connectivity index (χ2v) is 1.57. The number of anilines is 1. The summed E-state index contributed by atoms with van der Waals surface area (Å²) in [6.07, 6.45) is 2.75. The molecule has 0 aliphatic carbocycles. The number of nitrogens with two attached hydrogens (primary N) is 1. The van der Waals surface area contributed by atoms with Crippen molar-refractivity contribution in [3.05, 3.63) is 18.2 Å². The Hall–Kier alpha value is -1.19. The third-order valence-corrected chi connectivity index (χ3v) is 0.845. The Morgan fingerprint density at radius 3 is 2.44 bits per heavy atom. The Morgan fingerprint density at radius 1 is 1.44 bits per heavy atom. The van der Waals surface area contributed by atoms with Crippen molar-refractivity contribution in [2.45, 2.75) is 6.67 Å².